The maximum atomic E-state index is 11.8. The number of carbonyl (C=O) groups excluding carboxylic acids is 1. The SMILES string of the molecule is CCNC(=NCCCN1CCCN(C)CC1)NC1CCN(C(=O)OCC)CC1. The molecule has 2 saturated heterocycles. The summed E-state index contributed by atoms with van der Waals surface area (Å²) in [7, 11) is 2.21. The van der Waals surface area contributed by atoms with Crippen LogP contribution in [0.15, 0.2) is 4.99 Å². The summed E-state index contributed by atoms with van der Waals surface area (Å²) in [6.07, 6.45) is 3.99. The lowest BCUT2D eigenvalue weighted by molar-refractivity contribution is 0.0963. The molecule has 0 atom stereocenters. The second-order valence-electron chi connectivity index (χ2n) is 7.72. The minimum absolute atomic E-state index is 0.193. The van der Waals surface area contributed by atoms with E-state index >= 15 is 0 Å². The first-order valence-electron chi connectivity index (χ1n) is 11.0. The van der Waals surface area contributed by atoms with Crippen LogP contribution in [0, 0.1) is 0 Å². The first kappa shape index (κ1) is 22.7. The van der Waals surface area contributed by atoms with E-state index in [1.807, 2.05) is 6.92 Å². The molecule has 2 aliphatic heterocycles. The summed E-state index contributed by atoms with van der Waals surface area (Å²) in [6.45, 7) is 13.4. The Balaban J connectivity index is 1.69. The molecule has 0 spiro atoms. The number of guanidine groups is 1. The summed E-state index contributed by atoms with van der Waals surface area (Å²) in [5, 5.41) is 6.89. The van der Waals surface area contributed by atoms with Gasteiger partial charge in [0.25, 0.3) is 0 Å². The van der Waals surface area contributed by atoms with Gasteiger partial charge in [-0.05, 0) is 66.2 Å². The molecule has 0 bridgehead atoms. The molecule has 8 nitrogen and oxygen atoms in total. The van der Waals surface area contributed by atoms with Gasteiger partial charge in [-0.2, -0.15) is 0 Å². The highest BCUT2D eigenvalue weighted by Gasteiger charge is 2.24. The van der Waals surface area contributed by atoms with Gasteiger partial charge in [0.2, 0.25) is 0 Å². The number of nitrogens with zero attached hydrogens (tertiary/aromatic N) is 4. The Labute approximate surface area is 170 Å². The van der Waals surface area contributed by atoms with Gasteiger partial charge in [-0.15, -0.1) is 0 Å². The van der Waals surface area contributed by atoms with Gasteiger partial charge in [-0.3, -0.25) is 4.99 Å². The highest BCUT2D eigenvalue weighted by Crippen LogP contribution is 2.11. The summed E-state index contributed by atoms with van der Waals surface area (Å²) in [5.41, 5.74) is 0. The number of carbonyl (C=O) groups is 1. The van der Waals surface area contributed by atoms with Crippen molar-refractivity contribution < 1.29 is 9.53 Å². The Morgan fingerprint density at radius 2 is 1.89 bits per heavy atom. The molecule has 28 heavy (non-hydrogen) atoms. The Hall–Kier alpha value is -1.54. The number of likely N-dealkylation sites (N-methyl/N-ethyl adjacent to an activating group) is 1. The van der Waals surface area contributed by atoms with Crippen LogP contribution in [0.25, 0.3) is 0 Å². The van der Waals surface area contributed by atoms with Crippen molar-refractivity contribution in [2.24, 2.45) is 4.99 Å². The molecule has 2 fully saturated rings. The second-order valence-corrected chi connectivity index (χ2v) is 7.72. The van der Waals surface area contributed by atoms with E-state index in [1.54, 1.807) is 4.90 Å². The average molecular weight is 397 g/mol. The first-order chi connectivity index (χ1) is 13.6. The fourth-order valence-corrected chi connectivity index (χ4v) is 3.74. The number of nitrogens with one attached hydrogen (secondary N) is 2. The molecule has 2 aliphatic rings. The standard InChI is InChI=1S/C20H40N6O2/c1-4-21-19(22-10-6-12-25-13-7-11-24(3)16-17-25)23-18-8-14-26(15-9-18)20(27)28-5-2/h18H,4-17H2,1-3H3,(H2,21,22,23). The fourth-order valence-electron chi connectivity index (χ4n) is 3.74. The predicted molar refractivity (Wildman–Crippen MR) is 114 cm³/mol. The molecule has 0 radical (unpaired) electrons. The van der Waals surface area contributed by atoms with Crippen LogP contribution in [0.1, 0.15) is 39.5 Å². The third kappa shape index (κ3) is 8.22. The van der Waals surface area contributed by atoms with Gasteiger partial charge in [0.15, 0.2) is 5.96 Å². The second kappa shape index (κ2) is 12.8. The van der Waals surface area contributed by atoms with E-state index in [2.05, 4.69) is 34.4 Å². The first-order valence-corrected chi connectivity index (χ1v) is 11.0. The van der Waals surface area contributed by atoms with E-state index in [0.717, 1.165) is 71.0 Å². The van der Waals surface area contributed by atoms with Gasteiger partial charge in [-0.25, -0.2) is 4.79 Å². The number of aliphatic imine (C=N–C) groups is 1. The lowest BCUT2D eigenvalue weighted by Crippen LogP contribution is -2.50. The number of rotatable bonds is 7. The van der Waals surface area contributed by atoms with E-state index in [0.29, 0.717) is 12.6 Å². The largest absolute Gasteiger partial charge is 0.450 e. The molecule has 0 saturated carbocycles. The molecule has 1 amide bonds. The van der Waals surface area contributed by atoms with Gasteiger partial charge in [0, 0.05) is 45.3 Å². The van der Waals surface area contributed by atoms with E-state index < -0.39 is 0 Å². The summed E-state index contributed by atoms with van der Waals surface area (Å²) in [5.74, 6) is 0.896. The van der Waals surface area contributed by atoms with Crippen molar-refractivity contribution >= 4 is 12.1 Å². The molecule has 2 rings (SSSR count). The van der Waals surface area contributed by atoms with Crippen LogP contribution in [-0.2, 0) is 4.74 Å². The molecule has 0 aromatic carbocycles. The highest BCUT2D eigenvalue weighted by molar-refractivity contribution is 5.80. The van der Waals surface area contributed by atoms with Crippen molar-refractivity contribution in [2.45, 2.75) is 45.6 Å². The van der Waals surface area contributed by atoms with E-state index in [9.17, 15) is 4.79 Å². The zero-order valence-electron chi connectivity index (χ0n) is 18.1. The van der Waals surface area contributed by atoms with Crippen molar-refractivity contribution in [1.29, 1.82) is 0 Å². The molecule has 0 aromatic rings. The zero-order valence-corrected chi connectivity index (χ0v) is 18.1. The molecule has 0 unspecified atom stereocenters. The van der Waals surface area contributed by atoms with Crippen molar-refractivity contribution in [1.82, 2.24) is 25.3 Å². The van der Waals surface area contributed by atoms with Crippen LogP contribution in [-0.4, -0.2) is 105 Å². The van der Waals surface area contributed by atoms with Crippen LogP contribution in [0.3, 0.4) is 0 Å². The molecule has 162 valence electrons. The zero-order chi connectivity index (χ0) is 20.2. The third-order valence-electron chi connectivity index (χ3n) is 5.42. The average Bonchev–Trinajstić information content (AvgIpc) is 2.90. The fraction of sp³-hybridized carbons (Fsp3) is 0.900. The quantitative estimate of drug-likeness (QED) is 0.383. The van der Waals surface area contributed by atoms with Gasteiger partial charge in [0.1, 0.15) is 0 Å². The van der Waals surface area contributed by atoms with Crippen LogP contribution < -0.4 is 10.6 Å². The topological polar surface area (TPSA) is 72.4 Å². The Bertz CT molecular complexity index is 479. The van der Waals surface area contributed by atoms with Crippen LogP contribution in [0.4, 0.5) is 4.79 Å². The predicted octanol–water partition coefficient (Wildman–Crippen LogP) is 1.19. The Morgan fingerprint density at radius 1 is 1.11 bits per heavy atom. The number of piperidine rings is 1. The summed E-state index contributed by atoms with van der Waals surface area (Å²) in [6, 6.07) is 0.352. The van der Waals surface area contributed by atoms with Gasteiger partial charge in [-0.1, -0.05) is 0 Å². The summed E-state index contributed by atoms with van der Waals surface area (Å²) >= 11 is 0. The van der Waals surface area contributed by atoms with E-state index in [4.69, 9.17) is 9.73 Å². The number of ether oxygens (including phenoxy) is 1. The smallest absolute Gasteiger partial charge is 0.409 e. The minimum atomic E-state index is -0.193. The molecule has 0 aromatic heterocycles. The molecule has 2 N–H and O–H groups in total. The monoisotopic (exact) mass is 396 g/mol. The Morgan fingerprint density at radius 3 is 2.61 bits per heavy atom. The van der Waals surface area contributed by atoms with Crippen LogP contribution in [0.5, 0.6) is 0 Å². The lowest BCUT2D eigenvalue weighted by atomic mass is 10.1. The number of amides is 1. The molecule has 8 heteroatoms. The van der Waals surface area contributed by atoms with Crippen molar-refractivity contribution in [3.05, 3.63) is 0 Å². The Kier molecular flexibility index (Phi) is 10.4. The van der Waals surface area contributed by atoms with Crippen LogP contribution in [0.2, 0.25) is 0 Å². The molecule has 2 heterocycles. The number of hydrogen-bond donors (Lipinski definition) is 2. The van der Waals surface area contributed by atoms with E-state index in [-0.39, 0.29) is 6.09 Å². The number of likely N-dealkylation sites (tertiary alicyclic amines) is 1. The number of hydrogen-bond acceptors (Lipinski definition) is 5. The lowest BCUT2D eigenvalue weighted by Gasteiger charge is -2.32. The van der Waals surface area contributed by atoms with Crippen molar-refractivity contribution in [2.75, 3.05) is 72.6 Å². The molecular formula is C20H40N6O2. The summed E-state index contributed by atoms with van der Waals surface area (Å²) in [4.78, 5) is 23.4. The maximum Gasteiger partial charge on any atom is 0.409 e. The van der Waals surface area contributed by atoms with Gasteiger partial charge in [0.05, 0.1) is 6.61 Å². The molecule has 0 aliphatic carbocycles. The summed E-state index contributed by atoms with van der Waals surface area (Å²) < 4.78 is 5.09. The van der Waals surface area contributed by atoms with Crippen LogP contribution >= 0.6 is 0 Å². The van der Waals surface area contributed by atoms with Gasteiger partial charge < -0.3 is 30.1 Å². The minimum Gasteiger partial charge on any atom is -0.450 e. The highest BCUT2D eigenvalue weighted by atomic mass is 16.6. The van der Waals surface area contributed by atoms with Crippen molar-refractivity contribution in [3.8, 4) is 0 Å². The van der Waals surface area contributed by atoms with Crippen molar-refractivity contribution in [3.63, 3.8) is 0 Å². The molecular weight excluding hydrogens is 356 g/mol. The normalized spacial score (nSPS) is 20.7. The van der Waals surface area contributed by atoms with E-state index in [1.165, 1.54) is 19.5 Å². The maximum absolute atomic E-state index is 11.8. The third-order valence-corrected chi connectivity index (χ3v) is 5.42. The van der Waals surface area contributed by atoms with Gasteiger partial charge >= 0.3 is 6.09 Å².